The minimum Gasteiger partial charge on any atom is -0.374 e. The van der Waals surface area contributed by atoms with Crippen LogP contribution in [0.4, 0.5) is 8.78 Å². The normalized spacial score (nSPS) is 16.3. The molecule has 18 heavy (non-hydrogen) atoms. The van der Waals surface area contributed by atoms with Gasteiger partial charge in [0, 0.05) is 18.2 Å². The zero-order valence-corrected chi connectivity index (χ0v) is 11.4. The maximum Gasteiger partial charge on any atom is 0.131 e. The molecule has 0 aliphatic heterocycles. The maximum absolute atomic E-state index is 13.9. The van der Waals surface area contributed by atoms with Gasteiger partial charge >= 0.3 is 0 Å². The molecule has 1 rings (SSSR count). The first-order valence-corrected chi connectivity index (χ1v) is 6.24. The van der Waals surface area contributed by atoms with Crippen LogP contribution in [0.25, 0.3) is 0 Å². The third-order valence-electron chi connectivity index (χ3n) is 3.35. The quantitative estimate of drug-likeness (QED) is 0.843. The first-order chi connectivity index (χ1) is 8.48. The Hall–Kier alpha value is -1.00. The molecule has 0 spiro atoms. The van der Waals surface area contributed by atoms with Crippen LogP contribution in [-0.2, 0) is 4.74 Å². The Labute approximate surface area is 107 Å². The van der Waals surface area contributed by atoms with Crippen molar-refractivity contribution in [1.82, 2.24) is 5.32 Å². The third-order valence-corrected chi connectivity index (χ3v) is 3.35. The van der Waals surface area contributed by atoms with Crippen LogP contribution in [-0.4, -0.2) is 19.3 Å². The summed E-state index contributed by atoms with van der Waals surface area (Å²) >= 11 is 0. The number of halogens is 2. The van der Waals surface area contributed by atoms with Crippen molar-refractivity contribution in [3.63, 3.8) is 0 Å². The molecule has 0 aliphatic carbocycles. The fraction of sp³-hybridized carbons (Fsp3) is 0.571. The number of rotatable bonds is 6. The van der Waals surface area contributed by atoms with Crippen LogP contribution >= 0.6 is 0 Å². The Morgan fingerprint density at radius 2 is 2.00 bits per heavy atom. The zero-order chi connectivity index (χ0) is 13.8. The Bertz CT molecular complexity index is 397. The molecule has 0 aliphatic rings. The summed E-state index contributed by atoms with van der Waals surface area (Å²) in [6.07, 6.45) is 0.725. The second-order valence-corrected chi connectivity index (χ2v) is 4.49. The molecule has 1 aromatic rings. The van der Waals surface area contributed by atoms with Crippen molar-refractivity contribution in [2.75, 3.05) is 13.7 Å². The zero-order valence-electron chi connectivity index (χ0n) is 11.4. The van der Waals surface area contributed by atoms with Gasteiger partial charge in [-0.2, -0.15) is 0 Å². The highest BCUT2D eigenvalue weighted by atomic mass is 19.1. The lowest BCUT2D eigenvalue weighted by Crippen LogP contribution is -2.42. The molecule has 2 nitrogen and oxygen atoms in total. The number of hydrogen-bond donors (Lipinski definition) is 1. The van der Waals surface area contributed by atoms with Gasteiger partial charge in [-0.3, -0.25) is 0 Å². The van der Waals surface area contributed by atoms with Crippen LogP contribution in [0.1, 0.15) is 38.8 Å². The van der Waals surface area contributed by atoms with E-state index in [0.717, 1.165) is 12.5 Å². The highest BCUT2D eigenvalue weighted by Crippen LogP contribution is 2.33. The smallest absolute Gasteiger partial charge is 0.131 e. The molecule has 4 heteroatoms. The van der Waals surface area contributed by atoms with E-state index in [-0.39, 0.29) is 6.04 Å². The predicted octanol–water partition coefficient (Wildman–Crippen LogP) is 3.43. The number of ether oxygens (including phenoxy) is 1. The summed E-state index contributed by atoms with van der Waals surface area (Å²) in [6.45, 7) is 6.37. The molecule has 0 radical (unpaired) electrons. The predicted molar refractivity (Wildman–Crippen MR) is 68.5 cm³/mol. The van der Waals surface area contributed by atoms with Gasteiger partial charge in [-0.15, -0.1) is 0 Å². The maximum atomic E-state index is 13.9. The fourth-order valence-electron chi connectivity index (χ4n) is 2.24. The Balaban J connectivity index is 3.15. The van der Waals surface area contributed by atoms with Crippen LogP contribution in [0.15, 0.2) is 18.2 Å². The summed E-state index contributed by atoms with van der Waals surface area (Å²) in [6, 6.07) is 3.33. The van der Waals surface area contributed by atoms with Crippen LogP contribution in [0.3, 0.4) is 0 Å². The first kappa shape index (κ1) is 15.1. The SMILES string of the molecule is CCOC(C)(CC)C(NC)c1ccc(F)cc1F. The molecule has 0 bridgehead atoms. The van der Waals surface area contributed by atoms with Crippen molar-refractivity contribution < 1.29 is 13.5 Å². The third kappa shape index (κ3) is 3.06. The lowest BCUT2D eigenvalue weighted by Gasteiger charge is -2.37. The van der Waals surface area contributed by atoms with Crippen LogP contribution < -0.4 is 5.32 Å². The highest BCUT2D eigenvalue weighted by molar-refractivity contribution is 5.24. The molecule has 102 valence electrons. The van der Waals surface area contributed by atoms with Gasteiger partial charge in [0.1, 0.15) is 11.6 Å². The lowest BCUT2D eigenvalue weighted by molar-refractivity contribution is -0.0554. The van der Waals surface area contributed by atoms with Crippen molar-refractivity contribution in [1.29, 1.82) is 0 Å². The topological polar surface area (TPSA) is 21.3 Å². The van der Waals surface area contributed by atoms with E-state index in [4.69, 9.17) is 4.74 Å². The summed E-state index contributed by atoms with van der Waals surface area (Å²) in [5.74, 6) is -1.12. The van der Waals surface area contributed by atoms with E-state index in [1.807, 2.05) is 20.8 Å². The molecular weight excluding hydrogens is 236 g/mol. The van der Waals surface area contributed by atoms with Gasteiger partial charge in [0.25, 0.3) is 0 Å². The van der Waals surface area contributed by atoms with Gasteiger partial charge in [0.15, 0.2) is 0 Å². The monoisotopic (exact) mass is 257 g/mol. The van der Waals surface area contributed by atoms with E-state index in [2.05, 4.69) is 5.32 Å². The van der Waals surface area contributed by atoms with Crippen LogP contribution in [0.5, 0.6) is 0 Å². The largest absolute Gasteiger partial charge is 0.374 e. The summed E-state index contributed by atoms with van der Waals surface area (Å²) in [4.78, 5) is 0. The summed E-state index contributed by atoms with van der Waals surface area (Å²) in [7, 11) is 1.75. The van der Waals surface area contributed by atoms with Crippen molar-refractivity contribution >= 4 is 0 Å². The molecular formula is C14H21F2NO. The number of benzene rings is 1. The minimum absolute atomic E-state index is 0.317. The molecule has 1 aromatic carbocycles. The van der Waals surface area contributed by atoms with E-state index in [1.54, 1.807) is 7.05 Å². The lowest BCUT2D eigenvalue weighted by atomic mass is 9.87. The average molecular weight is 257 g/mol. The molecule has 0 fully saturated rings. The van der Waals surface area contributed by atoms with Crippen molar-refractivity contribution in [3.05, 3.63) is 35.4 Å². The molecule has 0 saturated heterocycles. The van der Waals surface area contributed by atoms with Gasteiger partial charge in [0.2, 0.25) is 0 Å². The Morgan fingerprint density at radius 3 is 2.44 bits per heavy atom. The molecule has 0 amide bonds. The first-order valence-electron chi connectivity index (χ1n) is 6.24. The number of nitrogens with one attached hydrogen (secondary N) is 1. The van der Waals surface area contributed by atoms with Crippen LogP contribution in [0.2, 0.25) is 0 Å². The Morgan fingerprint density at radius 1 is 1.33 bits per heavy atom. The van der Waals surface area contributed by atoms with E-state index in [1.165, 1.54) is 12.1 Å². The summed E-state index contributed by atoms with van der Waals surface area (Å²) in [5.41, 5.74) is -0.0981. The second kappa shape index (κ2) is 6.25. The molecule has 0 aromatic heterocycles. The van der Waals surface area contributed by atoms with Crippen LogP contribution in [0, 0.1) is 11.6 Å². The minimum atomic E-state index is -0.569. The molecule has 2 atom stereocenters. The van der Waals surface area contributed by atoms with E-state index in [0.29, 0.717) is 12.2 Å². The summed E-state index contributed by atoms with van der Waals surface area (Å²) in [5, 5.41) is 3.07. The van der Waals surface area contributed by atoms with Crippen molar-refractivity contribution in [2.24, 2.45) is 0 Å². The summed E-state index contributed by atoms with van der Waals surface area (Å²) < 4.78 is 32.6. The average Bonchev–Trinajstić information content (AvgIpc) is 2.33. The van der Waals surface area contributed by atoms with E-state index < -0.39 is 17.2 Å². The Kier molecular flexibility index (Phi) is 5.23. The van der Waals surface area contributed by atoms with Gasteiger partial charge in [-0.25, -0.2) is 8.78 Å². The van der Waals surface area contributed by atoms with Gasteiger partial charge < -0.3 is 10.1 Å². The fourth-order valence-corrected chi connectivity index (χ4v) is 2.24. The highest BCUT2D eigenvalue weighted by Gasteiger charge is 2.35. The molecule has 1 N–H and O–H groups in total. The number of likely N-dealkylation sites (N-methyl/N-ethyl adjacent to an activating group) is 1. The second-order valence-electron chi connectivity index (χ2n) is 4.49. The van der Waals surface area contributed by atoms with E-state index in [9.17, 15) is 8.78 Å². The number of hydrogen-bond acceptors (Lipinski definition) is 2. The van der Waals surface area contributed by atoms with Gasteiger partial charge in [-0.05, 0) is 33.4 Å². The molecule has 0 heterocycles. The standard InChI is InChI=1S/C14H21F2NO/c1-5-14(3,18-6-2)13(17-4)11-8-7-10(15)9-12(11)16/h7-9,13,17H,5-6H2,1-4H3. The van der Waals surface area contributed by atoms with Crippen molar-refractivity contribution in [3.8, 4) is 0 Å². The van der Waals surface area contributed by atoms with Gasteiger partial charge in [-0.1, -0.05) is 13.0 Å². The molecule has 0 saturated carbocycles. The molecule has 2 unspecified atom stereocenters. The van der Waals surface area contributed by atoms with E-state index >= 15 is 0 Å². The van der Waals surface area contributed by atoms with Gasteiger partial charge in [0.05, 0.1) is 11.6 Å². The van der Waals surface area contributed by atoms with Crippen molar-refractivity contribution in [2.45, 2.75) is 38.8 Å².